The lowest BCUT2D eigenvalue weighted by Crippen LogP contribution is -2.20. The number of rotatable bonds is 2. The molecule has 0 saturated carbocycles. The van der Waals surface area contributed by atoms with Crippen molar-refractivity contribution in [1.29, 1.82) is 0 Å². The van der Waals surface area contributed by atoms with Gasteiger partial charge < -0.3 is 0 Å². The van der Waals surface area contributed by atoms with E-state index in [1.165, 1.54) is 37.3 Å². The molecule has 0 unspecified atom stereocenters. The fourth-order valence-electron chi connectivity index (χ4n) is 4.84. The molecule has 2 aromatic carbocycles. The molecule has 7 rings (SSSR count). The van der Waals surface area contributed by atoms with Crippen LogP contribution in [-0.4, -0.2) is 80.1 Å². The maximum atomic E-state index is 11.8. The van der Waals surface area contributed by atoms with Crippen molar-refractivity contribution in [2.24, 2.45) is 20.3 Å². The molecule has 0 atom stereocenters. The van der Waals surface area contributed by atoms with Crippen LogP contribution in [0.4, 0.5) is 11.6 Å². The first-order valence-corrected chi connectivity index (χ1v) is 16.5. The van der Waals surface area contributed by atoms with Gasteiger partial charge in [0.1, 0.15) is 5.69 Å². The molecule has 3 amide bonds. The van der Waals surface area contributed by atoms with Crippen molar-refractivity contribution >= 4 is 92.9 Å². The molecule has 3 aromatic rings. The van der Waals surface area contributed by atoms with Gasteiger partial charge in [-0.15, -0.1) is 0 Å². The Morgan fingerprint density at radius 2 is 1.10 bits per heavy atom. The van der Waals surface area contributed by atoms with Gasteiger partial charge in [-0.3, -0.25) is 23.7 Å². The lowest BCUT2D eigenvalue weighted by molar-refractivity contribution is -0.128. The second-order valence-corrected chi connectivity index (χ2v) is 13.1. The molecule has 0 spiro atoms. The SMILES string of the molecule is CC1=NN(C)C(=O)C1.CC1=NN(C)C(=O)C1.CC1=NN(c2c(Cl)cc(Cl)cc2Cl)C(=O)C1.CC1=Nc2nc(-c3ccc(C)cc3)cn2C(=O)C1. The molecule has 13 nitrogen and oxygen atoms in total. The third-order valence-electron chi connectivity index (χ3n) is 7.29. The number of carbonyl (C=O) groups is 4. The van der Waals surface area contributed by atoms with E-state index in [9.17, 15) is 19.2 Å². The number of hydrogen-bond donors (Lipinski definition) is 0. The molecule has 4 aliphatic rings. The Hall–Kier alpha value is -4.72. The number of anilines is 1. The third-order valence-corrected chi connectivity index (χ3v) is 8.08. The second-order valence-electron chi connectivity index (χ2n) is 11.9. The zero-order chi connectivity index (χ0) is 36.9. The Morgan fingerprint density at radius 1 is 0.620 bits per heavy atom. The number of hydrazone groups is 3. The first-order chi connectivity index (χ1) is 23.5. The van der Waals surface area contributed by atoms with Crippen LogP contribution in [0.5, 0.6) is 0 Å². The normalized spacial score (nSPS) is 16.4. The molecule has 4 aliphatic heterocycles. The Kier molecular flexibility index (Phi) is 12.4. The monoisotopic (exact) mass is 739 g/mol. The summed E-state index contributed by atoms with van der Waals surface area (Å²) in [5.41, 5.74) is 6.72. The summed E-state index contributed by atoms with van der Waals surface area (Å²) in [4.78, 5) is 53.4. The number of aryl methyl sites for hydroxylation is 1. The molecule has 0 fully saturated rings. The Bertz CT molecular complexity index is 1910. The van der Waals surface area contributed by atoms with Crippen LogP contribution in [0.3, 0.4) is 0 Å². The quantitative estimate of drug-likeness (QED) is 0.273. The van der Waals surface area contributed by atoms with Crippen molar-refractivity contribution in [2.75, 3.05) is 19.1 Å². The maximum absolute atomic E-state index is 11.8. The molecule has 0 N–H and O–H groups in total. The van der Waals surface area contributed by atoms with Gasteiger partial charge in [-0.1, -0.05) is 64.6 Å². The zero-order valence-corrected chi connectivity index (χ0v) is 30.9. The Morgan fingerprint density at radius 3 is 1.52 bits per heavy atom. The van der Waals surface area contributed by atoms with Gasteiger partial charge in [0.2, 0.25) is 23.7 Å². The van der Waals surface area contributed by atoms with E-state index in [4.69, 9.17) is 34.8 Å². The zero-order valence-electron chi connectivity index (χ0n) is 28.7. The second kappa shape index (κ2) is 16.3. The van der Waals surface area contributed by atoms with Crippen LogP contribution in [0.1, 0.15) is 63.7 Å². The van der Waals surface area contributed by atoms with Gasteiger partial charge >= 0.3 is 0 Å². The number of fused-ring (bicyclic) bond motifs is 1. The number of amides is 3. The highest BCUT2D eigenvalue weighted by molar-refractivity contribution is 6.42. The van der Waals surface area contributed by atoms with Gasteiger partial charge in [-0.05, 0) is 46.8 Å². The van der Waals surface area contributed by atoms with E-state index < -0.39 is 0 Å². The maximum Gasteiger partial charge on any atom is 0.253 e. The van der Waals surface area contributed by atoms with E-state index in [0.717, 1.165) is 34.1 Å². The summed E-state index contributed by atoms with van der Waals surface area (Å²) in [5, 5.41) is 16.8. The van der Waals surface area contributed by atoms with E-state index in [1.807, 2.05) is 52.0 Å². The van der Waals surface area contributed by atoms with Crippen molar-refractivity contribution in [1.82, 2.24) is 19.6 Å². The minimum absolute atomic E-state index is 0.0309. The van der Waals surface area contributed by atoms with Crippen LogP contribution >= 0.6 is 34.8 Å². The van der Waals surface area contributed by atoms with E-state index in [2.05, 4.69) is 25.3 Å². The number of carbonyl (C=O) groups excluding carboxylic acids is 4. The highest BCUT2D eigenvalue weighted by Crippen LogP contribution is 2.38. The van der Waals surface area contributed by atoms with Crippen molar-refractivity contribution in [2.45, 2.75) is 60.3 Å². The number of aromatic nitrogens is 2. The topological polar surface area (TPSA) is 145 Å². The molecule has 50 heavy (non-hydrogen) atoms. The average Bonchev–Trinajstić information content (AvgIpc) is 3.75. The predicted molar refractivity (Wildman–Crippen MR) is 198 cm³/mol. The van der Waals surface area contributed by atoms with E-state index >= 15 is 0 Å². The molecular formula is C34H36Cl3N9O4. The lowest BCUT2D eigenvalue weighted by Gasteiger charge is -2.15. The fraction of sp³-hybridized carbons (Fsp3) is 0.324. The van der Waals surface area contributed by atoms with Crippen LogP contribution in [0.25, 0.3) is 11.3 Å². The minimum Gasteiger partial charge on any atom is -0.274 e. The van der Waals surface area contributed by atoms with Gasteiger partial charge in [0.25, 0.3) is 5.91 Å². The van der Waals surface area contributed by atoms with Gasteiger partial charge in [0.15, 0.2) is 0 Å². The number of benzene rings is 2. The molecule has 0 saturated heterocycles. The lowest BCUT2D eigenvalue weighted by atomic mass is 10.1. The van der Waals surface area contributed by atoms with Crippen molar-refractivity contribution in [3.05, 3.63) is 63.2 Å². The molecule has 5 heterocycles. The largest absolute Gasteiger partial charge is 0.274 e. The summed E-state index contributed by atoms with van der Waals surface area (Å²) in [7, 11) is 3.33. The summed E-state index contributed by atoms with van der Waals surface area (Å²) in [6.45, 7) is 9.36. The fourth-order valence-corrected chi connectivity index (χ4v) is 5.82. The minimum atomic E-state index is -0.149. The molecule has 0 bridgehead atoms. The summed E-state index contributed by atoms with van der Waals surface area (Å²) in [6.07, 6.45) is 3.41. The molecule has 0 radical (unpaired) electrons. The Labute approximate surface area is 304 Å². The summed E-state index contributed by atoms with van der Waals surface area (Å²) >= 11 is 17.8. The first kappa shape index (κ1) is 38.1. The van der Waals surface area contributed by atoms with Crippen molar-refractivity contribution in [3.8, 4) is 11.3 Å². The van der Waals surface area contributed by atoms with Crippen LogP contribution in [0, 0.1) is 6.92 Å². The number of nitrogens with zero attached hydrogens (tertiary/aromatic N) is 9. The third kappa shape index (κ3) is 9.71. The summed E-state index contributed by atoms with van der Waals surface area (Å²) < 4.78 is 1.53. The summed E-state index contributed by atoms with van der Waals surface area (Å²) in [6, 6.07) is 11.1. The number of aliphatic imine (C=N–C) groups is 1. The molecule has 262 valence electrons. The summed E-state index contributed by atoms with van der Waals surface area (Å²) in [5.74, 6) is 0.538. The van der Waals surface area contributed by atoms with E-state index in [0.29, 0.717) is 46.0 Å². The van der Waals surface area contributed by atoms with E-state index in [-0.39, 0.29) is 30.0 Å². The average molecular weight is 741 g/mol. The standard InChI is InChI=1S/C14H13N3O.C10H7Cl3N2O.2C5H8N2O/c1-9-3-5-11(6-4-9)12-8-17-13(18)7-10(2)15-14(17)16-12;1-5-2-9(16)15(14-5)10-7(12)3-6(11)4-8(10)13;2*1-4-3-5(8)7(2)6-4/h3-6,8H,7H2,1-2H3;3-4H,2H2,1H3;2*3H2,1-2H3. The highest BCUT2D eigenvalue weighted by Gasteiger charge is 2.27. The van der Waals surface area contributed by atoms with Gasteiger partial charge in [0, 0.05) is 53.7 Å². The van der Waals surface area contributed by atoms with Crippen LogP contribution in [0.2, 0.25) is 15.1 Å². The van der Waals surface area contributed by atoms with Gasteiger partial charge in [0.05, 0.1) is 41.4 Å². The number of imidazole rings is 1. The highest BCUT2D eigenvalue weighted by atomic mass is 35.5. The van der Waals surface area contributed by atoms with Crippen LogP contribution in [0.15, 0.2) is 62.9 Å². The molecular weight excluding hydrogens is 705 g/mol. The van der Waals surface area contributed by atoms with Crippen LogP contribution in [-0.2, 0) is 14.4 Å². The van der Waals surface area contributed by atoms with Crippen molar-refractivity contribution in [3.63, 3.8) is 0 Å². The number of halogens is 3. The number of hydrogen-bond acceptors (Lipinski definition) is 9. The smallest absolute Gasteiger partial charge is 0.253 e. The van der Waals surface area contributed by atoms with Gasteiger partial charge in [-0.25, -0.2) is 20.0 Å². The van der Waals surface area contributed by atoms with Crippen LogP contribution < -0.4 is 5.01 Å². The predicted octanol–water partition coefficient (Wildman–Crippen LogP) is 7.20. The first-order valence-electron chi connectivity index (χ1n) is 15.4. The molecule has 16 heteroatoms. The van der Waals surface area contributed by atoms with E-state index in [1.54, 1.807) is 27.2 Å². The molecule has 1 aromatic heterocycles. The molecule has 0 aliphatic carbocycles. The van der Waals surface area contributed by atoms with Crippen molar-refractivity contribution < 1.29 is 19.2 Å². The van der Waals surface area contributed by atoms with Gasteiger partial charge in [-0.2, -0.15) is 20.3 Å². The Balaban J connectivity index is 0.000000160.